The molecule has 0 radical (unpaired) electrons. The zero-order valence-corrected chi connectivity index (χ0v) is 15.0. The Morgan fingerprint density at radius 3 is 2.76 bits per heavy atom. The second-order valence-corrected chi connectivity index (χ2v) is 6.91. The monoisotopic (exact) mass is 352 g/mol. The molecule has 0 bridgehead atoms. The number of piperazine rings is 1. The molecule has 2 saturated heterocycles. The SMILES string of the molecule is CCOC(=O)CNC(=O)C1CCC2C(C1)N(CC)C(=O)C1CCNN12. The molecule has 2 N–H and O–H groups in total. The van der Waals surface area contributed by atoms with Crippen LogP contribution >= 0.6 is 0 Å². The van der Waals surface area contributed by atoms with Crippen LogP contribution in [0.3, 0.4) is 0 Å². The van der Waals surface area contributed by atoms with E-state index in [1.807, 2.05) is 11.8 Å². The molecule has 8 heteroatoms. The van der Waals surface area contributed by atoms with Gasteiger partial charge < -0.3 is 15.0 Å². The van der Waals surface area contributed by atoms with Crippen LogP contribution in [0.25, 0.3) is 0 Å². The van der Waals surface area contributed by atoms with Crippen LogP contribution in [-0.2, 0) is 19.1 Å². The van der Waals surface area contributed by atoms with Crippen LogP contribution in [0.4, 0.5) is 0 Å². The van der Waals surface area contributed by atoms with Crippen LogP contribution in [0.1, 0.15) is 39.5 Å². The van der Waals surface area contributed by atoms with E-state index in [0.29, 0.717) is 19.6 Å². The molecule has 140 valence electrons. The van der Waals surface area contributed by atoms with Gasteiger partial charge >= 0.3 is 5.97 Å². The first-order valence-corrected chi connectivity index (χ1v) is 9.32. The highest BCUT2D eigenvalue weighted by Crippen LogP contribution is 2.37. The Balaban J connectivity index is 1.63. The average molecular weight is 352 g/mol. The maximum absolute atomic E-state index is 12.7. The lowest BCUT2D eigenvalue weighted by atomic mass is 9.78. The molecule has 1 saturated carbocycles. The summed E-state index contributed by atoms with van der Waals surface area (Å²) in [5.74, 6) is -0.541. The molecule has 3 aliphatic rings. The summed E-state index contributed by atoms with van der Waals surface area (Å²) in [7, 11) is 0. The van der Waals surface area contributed by atoms with Crippen molar-refractivity contribution in [2.75, 3.05) is 26.2 Å². The number of nitrogens with one attached hydrogen (secondary N) is 2. The van der Waals surface area contributed by atoms with Gasteiger partial charge in [-0.2, -0.15) is 0 Å². The van der Waals surface area contributed by atoms with Gasteiger partial charge in [0.1, 0.15) is 12.6 Å². The Bertz CT molecular complexity index is 541. The molecule has 2 aliphatic heterocycles. The molecular weight excluding hydrogens is 324 g/mol. The van der Waals surface area contributed by atoms with Crippen molar-refractivity contribution in [1.29, 1.82) is 0 Å². The van der Waals surface area contributed by atoms with Crippen molar-refractivity contribution in [1.82, 2.24) is 20.7 Å². The highest BCUT2D eigenvalue weighted by Gasteiger charge is 2.50. The summed E-state index contributed by atoms with van der Waals surface area (Å²) in [4.78, 5) is 38.5. The van der Waals surface area contributed by atoms with Crippen molar-refractivity contribution >= 4 is 17.8 Å². The minimum Gasteiger partial charge on any atom is -0.465 e. The molecule has 4 unspecified atom stereocenters. The molecule has 2 amide bonds. The first kappa shape index (κ1) is 18.1. The third-order valence-corrected chi connectivity index (χ3v) is 5.58. The maximum atomic E-state index is 12.7. The number of ether oxygens (including phenoxy) is 1. The minimum absolute atomic E-state index is 0.0476. The minimum atomic E-state index is -0.420. The molecule has 3 fully saturated rings. The number of hydrogen-bond acceptors (Lipinski definition) is 6. The molecule has 8 nitrogen and oxygen atoms in total. The zero-order valence-electron chi connectivity index (χ0n) is 15.0. The third kappa shape index (κ3) is 3.50. The molecule has 0 aromatic carbocycles. The van der Waals surface area contributed by atoms with E-state index in [1.54, 1.807) is 6.92 Å². The number of hydrazine groups is 1. The Morgan fingerprint density at radius 1 is 1.24 bits per heavy atom. The Labute approximate surface area is 148 Å². The summed E-state index contributed by atoms with van der Waals surface area (Å²) in [5, 5.41) is 4.81. The number of amides is 2. The van der Waals surface area contributed by atoms with E-state index < -0.39 is 5.97 Å². The van der Waals surface area contributed by atoms with Crippen molar-refractivity contribution in [3.63, 3.8) is 0 Å². The lowest BCUT2D eigenvalue weighted by molar-refractivity contribution is -0.155. The topological polar surface area (TPSA) is 91.0 Å². The van der Waals surface area contributed by atoms with E-state index in [4.69, 9.17) is 4.74 Å². The van der Waals surface area contributed by atoms with Crippen LogP contribution in [-0.4, -0.2) is 72.1 Å². The number of esters is 1. The number of hydrogen-bond donors (Lipinski definition) is 2. The number of rotatable bonds is 5. The maximum Gasteiger partial charge on any atom is 0.325 e. The lowest BCUT2D eigenvalue weighted by Gasteiger charge is -2.51. The molecule has 0 aromatic rings. The molecule has 4 atom stereocenters. The number of fused-ring (bicyclic) bond motifs is 3. The molecule has 0 spiro atoms. The Hall–Kier alpha value is -1.67. The predicted octanol–water partition coefficient (Wildman–Crippen LogP) is -0.356. The molecule has 3 rings (SSSR count). The zero-order chi connectivity index (χ0) is 18.0. The standard InChI is InChI=1S/C17H28N4O4/c1-3-20-14-9-11(16(23)18-10-15(22)25-4-2)5-6-12(14)21-13(17(20)24)7-8-19-21/h11-14,19H,3-10H2,1-2H3,(H,18,23). The molecule has 0 aromatic heterocycles. The fourth-order valence-electron chi connectivity index (χ4n) is 4.46. The van der Waals surface area contributed by atoms with E-state index in [9.17, 15) is 14.4 Å². The van der Waals surface area contributed by atoms with Gasteiger partial charge in [0.2, 0.25) is 11.8 Å². The van der Waals surface area contributed by atoms with Crippen molar-refractivity contribution in [2.24, 2.45) is 5.92 Å². The van der Waals surface area contributed by atoms with E-state index in [0.717, 1.165) is 25.8 Å². The van der Waals surface area contributed by atoms with Crippen molar-refractivity contribution in [2.45, 2.75) is 57.7 Å². The van der Waals surface area contributed by atoms with Crippen molar-refractivity contribution in [3.05, 3.63) is 0 Å². The lowest BCUT2D eigenvalue weighted by Crippen LogP contribution is -2.68. The highest BCUT2D eigenvalue weighted by atomic mass is 16.5. The summed E-state index contributed by atoms with van der Waals surface area (Å²) >= 11 is 0. The van der Waals surface area contributed by atoms with Crippen LogP contribution in [0, 0.1) is 5.92 Å². The van der Waals surface area contributed by atoms with Gasteiger partial charge in [-0.3, -0.25) is 19.8 Å². The van der Waals surface area contributed by atoms with Gasteiger partial charge in [0, 0.05) is 31.1 Å². The van der Waals surface area contributed by atoms with Crippen LogP contribution < -0.4 is 10.7 Å². The van der Waals surface area contributed by atoms with Crippen molar-refractivity contribution in [3.8, 4) is 0 Å². The Kier molecular flexibility index (Phi) is 5.58. The van der Waals surface area contributed by atoms with E-state index >= 15 is 0 Å². The quantitative estimate of drug-likeness (QED) is 0.657. The summed E-state index contributed by atoms with van der Waals surface area (Å²) in [6, 6.07) is 0.251. The number of carbonyl (C=O) groups is 3. The van der Waals surface area contributed by atoms with Gasteiger partial charge in [0.05, 0.1) is 6.61 Å². The first-order chi connectivity index (χ1) is 12.1. The molecule has 1 aliphatic carbocycles. The van der Waals surface area contributed by atoms with Gasteiger partial charge in [-0.05, 0) is 39.5 Å². The number of nitrogens with zero attached hydrogens (tertiary/aromatic N) is 2. The van der Waals surface area contributed by atoms with Gasteiger partial charge in [-0.15, -0.1) is 0 Å². The second-order valence-electron chi connectivity index (χ2n) is 6.91. The van der Waals surface area contributed by atoms with E-state index in [1.165, 1.54) is 0 Å². The molecule has 25 heavy (non-hydrogen) atoms. The van der Waals surface area contributed by atoms with Gasteiger partial charge in [0.25, 0.3) is 0 Å². The average Bonchev–Trinajstić information content (AvgIpc) is 3.10. The summed E-state index contributed by atoms with van der Waals surface area (Å²) < 4.78 is 4.84. The van der Waals surface area contributed by atoms with Crippen LogP contribution in [0.15, 0.2) is 0 Å². The summed E-state index contributed by atoms with van der Waals surface area (Å²) in [6.07, 6.45) is 3.13. The van der Waals surface area contributed by atoms with Gasteiger partial charge in [0.15, 0.2) is 0 Å². The first-order valence-electron chi connectivity index (χ1n) is 9.32. The van der Waals surface area contributed by atoms with Gasteiger partial charge in [-0.25, -0.2) is 5.01 Å². The molecular formula is C17H28N4O4. The molecule has 2 heterocycles. The largest absolute Gasteiger partial charge is 0.465 e. The smallest absolute Gasteiger partial charge is 0.325 e. The Morgan fingerprint density at radius 2 is 2.04 bits per heavy atom. The van der Waals surface area contributed by atoms with Crippen LogP contribution in [0.5, 0.6) is 0 Å². The van der Waals surface area contributed by atoms with Gasteiger partial charge in [-0.1, -0.05) is 0 Å². The summed E-state index contributed by atoms with van der Waals surface area (Å²) in [5.41, 5.74) is 3.36. The van der Waals surface area contributed by atoms with E-state index in [2.05, 4.69) is 15.8 Å². The predicted molar refractivity (Wildman–Crippen MR) is 90.2 cm³/mol. The highest BCUT2D eigenvalue weighted by molar-refractivity contribution is 5.85. The fourth-order valence-corrected chi connectivity index (χ4v) is 4.46. The van der Waals surface area contributed by atoms with E-state index in [-0.39, 0.29) is 42.4 Å². The number of carbonyl (C=O) groups excluding carboxylic acids is 3. The third-order valence-electron chi connectivity index (χ3n) is 5.58. The number of likely N-dealkylation sites (N-methyl/N-ethyl adjacent to an activating group) is 1. The summed E-state index contributed by atoms with van der Waals surface area (Å²) in [6.45, 7) is 5.45. The van der Waals surface area contributed by atoms with Crippen LogP contribution in [0.2, 0.25) is 0 Å². The normalized spacial score (nSPS) is 32.1. The fraction of sp³-hybridized carbons (Fsp3) is 0.824. The van der Waals surface area contributed by atoms with Crippen molar-refractivity contribution < 1.29 is 19.1 Å². The second kappa shape index (κ2) is 7.70.